The Kier molecular flexibility index (Phi) is 6.41. The number of thiophene rings is 1. The molecule has 0 radical (unpaired) electrons. The fourth-order valence-electron chi connectivity index (χ4n) is 1.99. The lowest BCUT2D eigenvalue weighted by atomic mass is 10.4. The molecule has 7 nitrogen and oxygen atoms in total. The summed E-state index contributed by atoms with van der Waals surface area (Å²) in [7, 11) is 1.41. The van der Waals surface area contributed by atoms with Crippen LogP contribution in [0.4, 0.5) is 0 Å². The summed E-state index contributed by atoms with van der Waals surface area (Å²) in [5, 5.41) is 6.42. The first-order valence-corrected chi connectivity index (χ1v) is 9.75. The average molecular weight is 370 g/mol. The third-order valence-electron chi connectivity index (χ3n) is 3.35. The molecule has 0 aromatic carbocycles. The van der Waals surface area contributed by atoms with Crippen LogP contribution in [-0.2, 0) is 23.1 Å². The summed E-state index contributed by atoms with van der Waals surface area (Å²) in [4.78, 5) is 5.10. The second-order valence-corrected chi connectivity index (χ2v) is 8.83. The van der Waals surface area contributed by atoms with Crippen LogP contribution in [0.15, 0.2) is 45.9 Å². The van der Waals surface area contributed by atoms with E-state index in [0.717, 1.165) is 18.0 Å². The van der Waals surface area contributed by atoms with Crippen molar-refractivity contribution in [2.45, 2.75) is 17.3 Å². The third kappa shape index (κ3) is 4.83. The Balaban J connectivity index is 1.84. The van der Waals surface area contributed by atoms with Crippen molar-refractivity contribution in [3.05, 3.63) is 41.5 Å². The Morgan fingerprint density at radius 3 is 2.58 bits per heavy atom. The van der Waals surface area contributed by atoms with E-state index in [1.54, 1.807) is 13.1 Å². The van der Waals surface area contributed by atoms with Crippen LogP contribution < -0.4 is 10.6 Å². The number of hydrogen-bond acceptors (Lipinski definition) is 4. The van der Waals surface area contributed by atoms with E-state index in [4.69, 9.17) is 0 Å². The van der Waals surface area contributed by atoms with Gasteiger partial charge in [0.1, 0.15) is 4.21 Å². The zero-order chi connectivity index (χ0) is 17.6. The van der Waals surface area contributed by atoms with E-state index >= 15 is 0 Å². The minimum absolute atomic E-state index is 0.347. The van der Waals surface area contributed by atoms with Gasteiger partial charge in [0.15, 0.2) is 5.96 Å². The topological polar surface area (TPSA) is 78.7 Å². The van der Waals surface area contributed by atoms with E-state index in [0.29, 0.717) is 16.7 Å². The van der Waals surface area contributed by atoms with Crippen LogP contribution in [-0.4, -0.2) is 50.9 Å². The van der Waals surface area contributed by atoms with E-state index < -0.39 is 10.0 Å². The highest BCUT2D eigenvalue weighted by molar-refractivity contribution is 7.91. The number of nitrogens with zero attached hydrogens (tertiary/aromatic N) is 3. The Morgan fingerprint density at radius 2 is 1.96 bits per heavy atom. The second kappa shape index (κ2) is 8.32. The van der Waals surface area contributed by atoms with Gasteiger partial charge in [0, 0.05) is 51.5 Å². The van der Waals surface area contributed by atoms with Gasteiger partial charge < -0.3 is 15.2 Å². The van der Waals surface area contributed by atoms with Crippen molar-refractivity contribution in [2.75, 3.05) is 27.7 Å². The van der Waals surface area contributed by atoms with Crippen LogP contribution in [0.3, 0.4) is 0 Å². The van der Waals surface area contributed by atoms with Crippen molar-refractivity contribution in [2.24, 2.45) is 4.99 Å². The van der Waals surface area contributed by atoms with E-state index in [-0.39, 0.29) is 0 Å². The molecule has 2 aromatic rings. The zero-order valence-corrected chi connectivity index (χ0v) is 15.7. The number of hydrogen-bond donors (Lipinski definition) is 2. The van der Waals surface area contributed by atoms with E-state index in [2.05, 4.69) is 20.2 Å². The Bertz CT molecular complexity index is 764. The quantitative estimate of drug-likeness (QED) is 0.567. The predicted octanol–water partition coefficient (Wildman–Crippen LogP) is 1.17. The van der Waals surface area contributed by atoms with Crippen molar-refractivity contribution >= 4 is 27.3 Å². The SMILES string of the molecule is CN=C(NCCn1cccc1)NCc1ccc(S(=O)(=O)N(C)C)s1. The number of aliphatic imine (C=N–C) groups is 1. The van der Waals surface area contributed by atoms with Gasteiger partial charge in [-0.15, -0.1) is 11.3 Å². The van der Waals surface area contributed by atoms with Crippen molar-refractivity contribution in [3.8, 4) is 0 Å². The molecule has 2 N–H and O–H groups in total. The molecule has 0 bridgehead atoms. The van der Waals surface area contributed by atoms with Crippen molar-refractivity contribution in [1.82, 2.24) is 19.5 Å². The fourth-order valence-corrected chi connectivity index (χ4v) is 4.45. The lowest BCUT2D eigenvalue weighted by molar-refractivity contribution is 0.523. The lowest BCUT2D eigenvalue weighted by Crippen LogP contribution is -2.38. The summed E-state index contributed by atoms with van der Waals surface area (Å²) in [6, 6.07) is 7.44. The van der Waals surface area contributed by atoms with Gasteiger partial charge in [-0.2, -0.15) is 0 Å². The first-order chi connectivity index (χ1) is 11.4. The zero-order valence-electron chi connectivity index (χ0n) is 14.1. The molecule has 0 unspecified atom stereocenters. The Hall–Kier alpha value is -1.84. The average Bonchev–Trinajstić information content (AvgIpc) is 3.22. The fraction of sp³-hybridized carbons (Fsp3) is 0.400. The molecule has 0 aliphatic carbocycles. The van der Waals surface area contributed by atoms with Gasteiger partial charge in [0.05, 0.1) is 6.54 Å². The van der Waals surface area contributed by atoms with Crippen LogP contribution in [0.5, 0.6) is 0 Å². The minimum atomic E-state index is -3.36. The molecule has 132 valence electrons. The van der Waals surface area contributed by atoms with Gasteiger partial charge in [-0.1, -0.05) is 0 Å². The number of sulfonamides is 1. The third-order valence-corrected chi connectivity index (χ3v) is 6.72. The highest BCUT2D eigenvalue weighted by atomic mass is 32.2. The molecule has 2 rings (SSSR count). The van der Waals surface area contributed by atoms with Gasteiger partial charge in [0.25, 0.3) is 10.0 Å². The van der Waals surface area contributed by atoms with Crippen LogP contribution in [0.25, 0.3) is 0 Å². The summed E-state index contributed by atoms with van der Waals surface area (Å²) in [5.74, 6) is 0.688. The van der Waals surface area contributed by atoms with Crippen LogP contribution in [0.1, 0.15) is 4.88 Å². The van der Waals surface area contributed by atoms with Gasteiger partial charge in [0.2, 0.25) is 0 Å². The molecule has 0 fully saturated rings. The standard InChI is InChI=1S/C15H23N5O2S2/c1-16-15(17-8-11-20-9-4-5-10-20)18-12-13-6-7-14(23-13)24(21,22)19(2)3/h4-7,9-10H,8,11-12H2,1-3H3,(H2,16,17,18). The molecule has 0 amide bonds. The maximum absolute atomic E-state index is 12.1. The molecule has 0 saturated carbocycles. The first kappa shape index (κ1) is 18.5. The van der Waals surface area contributed by atoms with Crippen molar-refractivity contribution in [3.63, 3.8) is 0 Å². The van der Waals surface area contributed by atoms with Gasteiger partial charge in [-0.05, 0) is 24.3 Å². The molecule has 2 aromatic heterocycles. The number of rotatable bonds is 7. The molecule has 0 spiro atoms. The Labute approximate surface area is 147 Å². The number of aromatic nitrogens is 1. The van der Waals surface area contributed by atoms with Gasteiger partial charge >= 0.3 is 0 Å². The maximum Gasteiger partial charge on any atom is 0.252 e. The second-order valence-electron chi connectivity index (χ2n) is 5.28. The highest BCUT2D eigenvalue weighted by Gasteiger charge is 2.19. The largest absolute Gasteiger partial charge is 0.355 e. The molecule has 0 saturated heterocycles. The molecular formula is C15H23N5O2S2. The summed E-state index contributed by atoms with van der Waals surface area (Å²) < 4.78 is 27.8. The molecule has 0 atom stereocenters. The van der Waals surface area contributed by atoms with Crippen molar-refractivity contribution < 1.29 is 8.42 Å². The summed E-state index contributed by atoms with van der Waals surface area (Å²) in [6.45, 7) is 2.12. The van der Waals surface area contributed by atoms with E-state index in [1.807, 2.05) is 30.6 Å². The lowest BCUT2D eigenvalue weighted by Gasteiger charge is -2.11. The monoisotopic (exact) mass is 369 g/mol. The molecule has 9 heteroatoms. The highest BCUT2D eigenvalue weighted by Crippen LogP contribution is 2.23. The van der Waals surface area contributed by atoms with Crippen LogP contribution in [0, 0.1) is 0 Å². The predicted molar refractivity (Wildman–Crippen MR) is 97.8 cm³/mol. The normalized spacial score (nSPS) is 12.6. The summed E-state index contributed by atoms with van der Waals surface area (Å²) in [5.41, 5.74) is 0. The van der Waals surface area contributed by atoms with Crippen molar-refractivity contribution in [1.29, 1.82) is 0 Å². The van der Waals surface area contributed by atoms with Crippen LogP contribution >= 0.6 is 11.3 Å². The number of guanidine groups is 1. The first-order valence-electron chi connectivity index (χ1n) is 7.50. The smallest absolute Gasteiger partial charge is 0.252 e. The number of nitrogens with one attached hydrogen (secondary N) is 2. The van der Waals surface area contributed by atoms with Gasteiger partial charge in [-0.25, -0.2) is 12.7 Å². The summed E-state index contributed by atoms with van der Waals surface area (Å²) >= 11 is 1.26. The molecule has 24 heavy (non-hydrogen) atoms. The molecule has 2 heterocycles. The Morgan fingerprint density at radius 1 is 1.25 bits per heavy atom. The molecular weight excluding hydrogens is 346 g/mol. The van der Waals surface area contributed by atoms with Gasteiger partial charge in [-0.3, -0.25) is 4.99 Å². The summed E-state index contributed by atoms with van der Waals surface area (Å²) in [6.07, 6.45) is 4.02. The minimum Gasteiger partial charge on any atom is -0.355 e. The van der Waals surface area contributed by atoms with E-state index in [9.17, 15) is 8.42 Å². The molecule has 0 aliphatic heterocycles. The van der Waals surface area contributed by atoms with E-state index in [1.165, 1.54) is 29.7 Å². The maximum atomic E-state index is 12.1. The van der Waals surface area contributed by atoms with Crippen LogP contribution in [0.2, 0.25) is 0 Å². The molecule has 0 aliphatic rings.